The van der Waals surface area contributed by atoms with Crippen molar-refractivity contribution in [2.75, 3.05) is 40.8 Å². The highest BCUT2D eigenvalue weighted by Gasteiger charge is 2.61. The van der Waals surface area contributed by atoms with Gasteiger partial charge < -0.3 is 33.8 Å². The van der Waals surface area contributed by atoms with Gasteiger partial charge in [0.2, 0.25) is 0 Å². The normalized spacial score (nSPS) is 46.2. The Morgan fingerprint density at radius 2 is 1.53 bits per heavy atom. The number of fused-ring (bicyclic) bond motifs is 5. The van der Waals surface area contributed by atoms with Crippen LogP contribution in [0.15, 0.2) is 11.6 Å². The lowest BCUT2D eigenvalue weighted by molar-refractivity contribution is -0.952. The fourth-order valence-electron chi connectivity index (χ4n) is 9.14. The van der Waals surface area contributed by atoms with Gasteiger partial charge in [-0.05, 0) is 56.3 Å². The molecule has 0 bridgehead atoms. The number of piperidine rings is 1. The van der Waals surface area contributed by atoms with Gasteiger partial charge in [-0.1, -0.05) is 18.6 Å². The van der Waals surface area contributed by atoms with Crippen LogP contribution in [0.2, 0.25) is 0 Å². The summed E-state index contributed by atoms with van der Waals surface area (Å²) in [5, 5.41) is 0. The monoisotopic (exact) mass is 456 g/mol. The van der Waals surface area contributed by atoms with Gasteiger partial charge in [0, 0.05) is 38.0 Å². The molecule has 0 aromatic rings. The highest BCUT2D eigenvalue weighted by atomic mass is 35.5. The van der Waals surface area contributed by atoms with Gasteiger partial charge in [-0.15, -0.1) is 0 Å². The number of allylic oxidation sites excluding steroid dienone is 1. The Morgan fingerprint density at radius 3 is 2.23 bits per heavy atom. The topological polar surface area (TPSA) is 0 Å². The summed E-state index contributed by atoms with van der Waals surface area (Å²) in [5.74, 6) is 2.87. The van der Waals surface area contributed by atoms with Gasteiger partial charge in [0.15, 0.2) is 0 Å². The fraction of sp³-hybridized carbons (Fsp3) is 0.923. The summed E-state index contributed by atoms with van der Waals surface area (Å²) in [5.41, 5.74) is 2.94. The van der Waals surface area contributed by atoms with E-state index in [9.17, 15) is 0 Å². The molecule has 30 heavy (non-hydrogen) atoms. The lowest BCUT2D eigenvalue weighted by atomic mass is 9.47. The number of quaternary nitrogens is 2. The molecule has 0 N–H and O–H groups in total. The lowest BCUT2D eigenvalue weighted by Crippen LogP contribution is -3.00. The van der Waals surface area contributed by atoms with Crippen LogP contribution in [0.1, 0.15) is 78.1 Å². The zero-order valence-electron chi connectivity index (χ0n) is 20.2. The van der Waals surface area contributed by atoms with E-state index in [1.165, 1.54) is 92.8 Å². The molecule has 4 heteroatoms. The van der Waals surface area contributed by atoms with Gasteiger partial charge in [-0.25, -0.2) is 0 Å². The zero-order chi connectivity index (χ0) is 19.8. The SMILES string of the molecule is C[C@]12CC[C@H]([N+]3(C)CCCC3)CC1=CC[C@@H]1[C@@H]2CC[C@@]2(C)[C@H]1CCC[N+]2(C)C.[Cl-].[Cl-]. The molecule has 2 saturated heterocycles. The summed E-state index contributed by atoms with van der Waals surface area (Å²) >= 11 is 0. The van der Waals surface area contributed by atoms with Crippen LogP contribution in [0.5, 0.6) is 0 Å². The molecule has 0 radical (unpaired) electrons. The molecule has 0 spiro atoms. The molecule has 0 amide bonds. The van der Waals surface area contributed by atoms with Crippen molar-refractivity contribution in [2.24, 2.45) is 23.2 Å². The first-order chi connectivity index (χ1) is 13.2. The molecule has 3 aliphatic carbocycles. The largest absolute Gasteiger partial charge is 1.00 e. The predicted molar refractivity (Wildman–Crippen MR) is 118 cm³/mol. The molecule has 2 heterocycles. The first-order valence-electron chi connectivity index (χ1n) is 12.6. The first-order valence-corrected chi connectivity index (χ1v) is 12.6. The zero-order valence-corrected chi connectivity index (χ0v) is 21.7. The van der Waals surface area contributed by atoms with Crippen LogP contribution in [0.3, 0.4) is 0 Å². The Kier molecular flexibility index (Phi) is 6.82. The van der Waals surface area contributed by atoms with E-state index >= 15 is 0 Å². The fourth-order valence-corrected chi connectivity index (χ4v) is 9.14. The van der Waals surface area contributed by atoms with Crippen LogP contribution in [0, 0.1) is 23.2 Å². The van der Waals surface area contributed by atoms with Crippen molar-refractivity contribution in [3.05, 3.63) is 11.6 Å². The minimum Gasteiger partial charge on any atom is -1.00 e. The Labute approximate surface area is 198 Å². The molecule has 0 aromatic carbocycles. The Hall–Kier alpha value is 0.240. The molecular weight excluding hydrogens is 411 g/mol. The van der Waals surface area contributed by atoms with Gasteiger partial charge >= 0.3 is 0 Å². The van der Waals surface area contributed by atoms with Crippen molar-refractivity contribution in [1.29, 1.82) is 0 Å². The number of halogens is 2. The third-order valence-corrected chi connectivity index (χ3v) is 11.5. The average molecular weight is 458 g/mol. The van der Waals surface area contributed by atoms with Crippen LogP contribution >= 0.6 is 0 Å². The molecule has 0 unspecified atom stereocenters. The number of likely N-dealkylation sites (tertiary alicyclic amines) is 2. The second-order valence-electron chi connectivity index (χ2n) is 12.7. The molecule has 174 valence electrons. The summed E-state index contributed by atoms with van der Waals surface area (Å²) in [6.07, 6.45) is 17.4. The van der Waals surface area contributed by atoms with Crippen LogP contribution < -0.4 is 24.8 Å². The highest BCUT2D eigenvalue weighted by molar-refractivity contribution is 5.25. The molecule has 4 fully saturated rings. The van der Waals surface area contributed by atoms with Crippen molar-refractivity contribution in [1.82, 2.24) is 0 Å². The van der Waals surface area contributed by atoms with E-state index in [-0.39, 0.29) is 24.8 Å². The van der Waals surface area contributed by atoms with E-state index in [0.29, 0.717) is 11.0 Å². The van der Waals surface area contributed by atoms with Crippen LogP contribution in [-0.2, 0) is 0 Å². The van der Waals surface area contributed by atoms with Crippen LogP contribution in [-0.4, -0.2) is 61.3 Å². The third kappa shape index (κ3) is 3.42. The predicted octanol–water partition coefficient (Wildman–Crippen LogP) is -0.605. The van der Waals surface area contributed by atoms with E-state index in [1.807, 2.05) is 5.57 Å². The smallest absolute Gasteiger partial charge is 0.0991 e. The lowest BCUT2D eigenvalue weighted by Gasteiger charge is -2.64. The molecule has 0 aromatic heterocycles. The van der Waals surface area contributed by atoms with Crippen molar-refractivity contribution >= 4 is 0 Å². The van der Waals surface area contributed by atoms with Gasteiger partial charge in [0.25, 0.3) is 0 Å². The maximum atomic E-state index is 2.79. The molecule has 2 nitrogen and oxygen atoms in total. The molecular formula is C26H46Cl2N2. The standard InChI is InChI=1S/C26H46N2.2ClH/c1-25-14-12-21(28(5)17-6-7-18-28)19-20(25)10-11-22-23(25)13-15-26(2)24(22)9-8-16-27(26,3)4;;/h10,21-24H,6-9,11-19H2,1-5H3;2*1H/q+2;;/p-2/t21-,22+,23-,24-,25-,26-;;/m0../s1. The maximum absolute atomic E-state index is 2.79. The second kappa shape index (κ2) is 8.23. The average Bonchev–Trinajstić information content (AvgIpc) is 3.09. The second-order valence-corrected chi connectivity index (χ2v) is 12.7. The maximum Gasteiger partial charge on any atom is 0.0991 e. The van der Waals surface area contributed by atoms with Gasteiger partial charge in [0.05, 0.1) is 52.4 Å². The van der Waals surface area contributed by atoms with Gasteiger partial charge in [0.1, 0.15) is 0 Å². The van der Waals surface area contributed by atoms with Crippen molar-refractivity contribution in [2.45, 2.75) is 89.6 Å². The van der Waals surface area contributed by atoms with E-state index in [2.05, 4.69) is 41.1 Å². The minimum atomic E-state index is 0. The van der Waals surface area contributed by atoms with Crippen molar-refractivity contribution in [3.63, 3.8) is 0 Å². The number of hydrogen-bond donors (Lipinski definition) is 0. The quantitative estimate of drug-likeness (QED) is 0.364. The van der Waals surface area contributed by atoms with E-state index < -0.39 is 0 Å². The van der Waals surface area contributed by atoms with Gasteiger partial charge in [-0.2, -0.15) is 0 Å². The number of rotatable bonds is 1. The molecule has 6 atom stereocenters. The molecule has 2 saturated carbocycles. The summed E-state index contributed by atoms with van der Waals surface area (Å²) in [6, 6.07) is 0.914. The van der Waals surface area contributed by atoms with Crippen molar-refractivity contribution in [3.8, 4) is 0 Å². The molecule has 5 aliphatic rings. The number of hydrogen-bond acceptors (Lipinski definition) is 0. The summed E-state index contributed by atoms with van der Waals surface area (Å²) in [7, 11) is 7.63. The summed E-state index contributed by atoms with van der Waals surface area (Å²) in [4.78, 5) is 0. The highest BCUT2D eigenvalue weighted by Crippen LogP contribution is 2.62. The Bertz CT molecular complexity index is 668. The minimum absolute atomic E-state index is 0. The molecule has 2 aliphatic heterocycles. The van der Waals surface area contributed by atoms with E-state index in [4.69, 9.17) is 0 Å². The number of nitrogens with zero attached hydrogens (tertiary/aromatic N) is 2. The van der Waals surface area contributed by atoms with Crippen molar-refractivity contribution < 1.29 is 33.8 Å². The first kappa shape index (κ1) is 24.9. The van der Waals surface area contributed by atoms with Crippen LogP contribution in [0.4, 0.5) is 0 Å². The Morgan fingerprint density at radius 1 is 0.833 bits per heavy atom. The third-order valence-electron chi connectivity index (χ3n) is 11.5. The van der Waals surface area contributed by atoms with E-state index in [1.54, 1.807) is 0 Å². The Balaban J connectivity index is 0.00000128. The molecule has 5 rings (SSSR count). The van der Waals surface area contributed by atoms with Crippen LogP contribution in [0.25, 0.3) is 0 Å². The van der Waals surface area contributed by atoms with E-state index in [0.717, 1.165) is 23.8 Å². The summed E-state index contributed by atoms with van der Waals surface area (Å²) in [6.45, 7) is 9.62. The van der Waals surface area contributed by atoms with Gasteiger partial charge in [-0.3, -0.25) is 0 Å². The summed E-state index contributed by atoms with van der Waals surface area (Å²) < 4.78 is 2.65.